The van der Waals surface area contributed by atoms with Gasteiger partial charge in [-0.2, -0.15) is 5.10 Å². The number of nitrogens with two attached hydrogens (primary N) is 1. The molecule has 3 N–H and O–H groups in total. The van der Waals surface area contributed by atoms with Crippen LogP contribution < -0.4 is 11.1 Å². The summed E-state index contributed by atoms with van der Waals surface area (Å²) >= 11 is 12.6. The Morgan fingerprint density at radius 2 is 1.85 bits per heavy atom. The minimum absolute atomic E-state index is 0.111. The summed E-state index contributed by atoms with van der Waals surface area (Å²) in [5.74, 6) is -0.476. The molecule has 3 atom stereocenters. The van der Waals surface area contributed by atoms with Gasteiger partial charge in [-0.15, -0.1) is 0 Å². The van der Waals surface area contributed by atoms with Crippen LogP contribution >= 0.6 is 23.2 Å². The van der Waals surface area contributed by atoms with E-state index in [1.807, 2.05) is 60.1 Å². The average molecular weight is 591 g/mol. The molecule has 1 saturated carbocycles. The molecule has 1 aliphatic carbocycles. The van der Waals surface area contributed by atoms with Crippen molar-refractivity contribution in [3.8, 4) is 16.9 Å². The van der Waals surface area contributed by atoms with E-state index in [9.17, 15) is 9.59 Å². The summed E-state index contributed by atoms with van der Waals surface area (Å²) in [7, 11) is 0. The van der Waals surface area contributed by atoms with Crippen molar-refractivity contribution in [1.29, 1.82) is 0 Å². The predicted octanol–water partition coefficient (Wildman–Crippen LogP) is 6.28. The fraction of sp³-hybridized carbons (Fsp3) is 0.312. The number of benzene rings is 2. The largest absolute Gasteiger partial charge is 0.368 e. The van der Waals surface area contributed by atoms with Gasteiger partial charge in [0.1, 0.15) is 6.04 Å². The Kier molecular flexibility index (Phi) is 8.20. The lowest BCUT2D eigenvalue weighted by molar-refractivity contribution is -0.130. The van der Waals surface area contributed by atoms with Crippen molar-refractivity contribution in [2.75, 3.05) is 0 Å². The first-order valence-corrected chi connectivity index (χ1v) is 14.4. The van der Waals surface area contributed by atoms with E-state index in [0.29, 0.717) is 22.9 Å². The summed E-state index contributed by atoms with van der Waals surface area (Å²) in [6.45, 7) is 6.35. The lowest BCUT2D eigenvalue weighted by Gasteiger charge is -2.52. The highest BCUT2D eigenvalue weighted by molar-refractivity contribution is 6.42. The van der Waals surface area contributed by atoms with Crippen LogP contribution in [0.5, 0.6) is 0 Å². The molecule has 2 heterocycles. The van der Waals surface area contributed by atoms with E-state index < -0.39 is 11.9 Å². The molecule has 0 aliphatic heterocycles. The minimum Gasteiger partial charge on any atom is -0.368 e. The van der Waals surface area contributed by atoms with Gasteiger partial charge in [-0.3, -0.25) is 14.6 Å². The fourth-order valence-corrected chi connectivity index (χ4v) is 5.94. The molecule has 2 aromatic heterocycles. The molecule has 1 fully saturated rings. The summed E-state index contributed by atoms with van der Waals surface area (Å²) < 4.78 is 1.91. The molecule has 7 nitrogen and oxygen atoms in total. The van der Waals surface area contributed by atoms with Gasteiger partial charge in [0.15, 0.2) is 0 Å². The van der Waals surface area contributed by atoms with E-state index in [0.717, 1.165) is 40.2 Å². The van der Waals surface area contributed by atoms with E-state index in [1.165, 1.54) is 0 Å². The molecule has 0 bridgehead atoms. The summed E-state index contributed by atoms with van der Waals surface area (Å²) in [5.41, 5.74) is 11.1. The molecule has 2 amide bonds. The summed E-state index contributed by atoms with van der Waals surface area (Å²) in [4.78, 5) is 29.5. The number of hydrogen-bond acceptors (Lipinski definition) is 4. The zero-order valence-corrected chi connectivity index (χ0v) is 24.8. The SMILES string of the molecule is Cc1ccc(C[C@H](NC(=O)C[C@H]2C[C@H](c3cc(-c4cccnc4)nn3-c3ccc(Cl)c(Cl)c3)C2(C)C)C(N)=O)cc1. The van der Waals surface area contributed by atoms with Crippen molar-refractivity contribution in [1.82, 2.24) is 20.1 Å². The lowest BCUT2D eigenvalue weighted by Crippen LogP contribution is -2.49. The van der Waals surface area contributed by atoms with Gasteiger partial charge in [0.2, 0.25) is 11.8 Å². The number of amides is 2. The third-order valence-corrected chi connectivity index (χ3v) is 9.08. The number of halogens is 2. The van der Waals surface area contributed by atoms with Crippen molar-refractivity contribution in [2.45, 2.75) is 52.0 Å². The van der Waals surface area contributed by atoms with Crippen LogP contribution in [0.1, 0.15) is 49.4 Å². The van der Waals surface area contributed by atoms with Crippen molar-refractivity contribution >= 4 is 35.0 Å². The lowest BCUT2D eigenvalue weighted by atomic mass is 9.52. The van der Waals surface area contributed by atoms with Gasteiger partial charge in [0.25, 0.3) is 0 Å². The van der Waals surface area contributed by atoms with Gasteiger partial charge in [0.05, 0.1) is 21.4 Å². The third kappa shape index (κ3) is 6.16. The number of primary amides is 1. The van der Waals surface area contributed by atoms with Crippen LogP contribution in [0.3, 0.4) is 0 Å². The number of hydrogen-bond donors (Lipinski definition) is 2. The highest BCUT2D eigenvalue weighted by atomic mass is 35.5. The molecular weight excluding hydrogens is 557 g/mol. The molecule has 212 valence electrons. The molecule has 0 saturated heterocycles. The number of nitrogens with zero attached hydrogens (tertiary/aromatic N) is 3. The van der Waals surface area contributed by atoms with Gasteiger partial charge in [-0.05, 0) is 66.6 Å². The van der Waals surface area contributed by atoms with Crippen LogP contribution in [0.2, 0.25) is 10.0 Å². The van der Waals surface area contributed by atoms with E-state index in [-0.39, 0.29) is 23.2 Å². The maximum atomic E-state index is 13.1. The molecule has 0 radical (unpaired) electrons. The first kappa shape index (κ1) is 28.8. The molecule has 0 spiro atoms. The zero-order valence-electron chi connectivity index (χ0n) is 23.3. The van der Waals surface area contributed by atoms with Gasteiger partial charge in [0, 0.05) is 42.4 Å². The predicted molar refractivity (Wildman–Crippen MR) is 162 cm³/mol. The van der Waals surface area contributed by atoms with Gasteiger partial charge in [-0.1, -0.05) is 66.9 Å². The number of carbonyl (C=O) groups is 2. The smallest absolute Gasteiger partial charge is 0.240 e. The second-order valence-corrected chi connectivity index (χ2v) is 12.2. The van der Waals surface area contributed by atoms with Gasteiger partial charge in [-0.25, -0.2) is 4.68 Å². The Balaban J connectivity index is 1.34. The third-order valence-electron chi connectivity index (χ3n) is 8.34. The topological polar surface area (TPSA) is 103 Å². The Morgan fingerprint density at radius 1 is 1.10 bits per heavy atom. The van der Waals surface area contributed by atoms with Crippen molar-refractivity contribution < 1.29 is 9.59 Å². The second-order valence-electron chi connectivity index (χ2n) is 11.4. The second kappa shape index (κ2) is 11.7. The first-order valence-electron chi connectivity index (χ1n) is 13.6. The van der Waals surface area contributed by atoms with Crippen molar-refractivity contribution in [3.63, 3.8) is 0 Å². The maximum absolute atomic E-state index is 13.1. The zero-order chi connectivity index (χ0) is 29.3. The van der Waals surface area contributed by atoms with Gasteiger partial charge < -0.3 is 11.1 Å². The first-order chi connectivity index (χ1) is 19.5. The Labute approximate surface area is 250 Å². The van der Waals surface area contributed by atoms with Crippen LogP contribution in [-0.4, -0.2) is 32.6 Å². The highest BCUT2D eigenvalue weighted by Gasteiger charge is 2.50. The van der Waals surface area contributed by atoms with Crippen LogP contribution in [0.25, 0.3) is 16.9 Å². The number of carbonyl (C=O) groups excluding carboxylic acids is 2. The molecular formula is C32H33Cl2N5O2. The van der Waals surface area contributed by atoms with Crippen molar-refractivity contribution in [3.05, 3.63) is 99.9 Å². The summed E-state index contributed by atoms with van der Waals surface area (Å²) in [5, 5.41) is 8.73. The normalized spacial score (nSPS) is 18.4. The molecule has 2 aromatic carbocycles. The Morgan fingerprint density at radius 3 is 2.49 bits per heavy atom. The highest BCUT2D eigenvalue weighted by Crippen LogP contribution is 2.58. The van der Waals surface area contributed by atoms with Crippen LogP contribution in [0.4, 0.5) is 0 Å². The van der Waals surface area contributed by atoms with E-state index in [1.54, 1.807) is 18.5 Å². The number of pyridine rings is 1. The van der Waals surface area contributed by atoms with Gasteiger partial charge >= 0.3 is 0 Å². The molecule has 4 aromatic rings. The summed E-state index contributed by atoms with van der Waals surface area (Å²) in [6.07, 6.45) is 4.97. The quantitative estimate of drug-likeness (QED) is 0.240. The Bertz CT molecular complexity index is 1570. The fourth-order valence-electron chi connectivity index (χ4n) is 5.65. The van der Waals surface area contributed by atoms with E-state index >= 15 is 0 Å². The van der Waals surface area contributed by atoms with Crippen LogP contribution in [0.15, 0.2) is 73.1 Å². The number of aryl methyl sites for hydroxylation is 1. The average Bonchev–Trinajstić information content (AvgIpc) is 3.38. The molecule has 9 heteroatoms. The molecule has 41 heavy (non-hydrogen) atoms. The molecule has 1 aliphatic rings. The maximum Gasteiger partial charge on any atom is 0.240 e. The summed E-state index contributed by atoms with van der Waals surface area (Å²) in [6, 6.07) is 18.5. The number of nitrogens with one attached hydrogen (secondary N) is 1. The van der Waals surface area contributed by atoms with Crippen LogP contribution in [-0.2, 0) is 16.0 Å². The number of rotatable bonds is 9. The molecule has 5 rings (SSSR count). The monoisotopic (exact) mass is 589 g/mol. The number of aromatic nitrogens is 3. The standard InChI is InChI=1S/C32H33Cl2N5O2/c1-19-6-8-20(9-7-19)13-28(31(35)41)37-30(40)15-22-14-24(32(22,2)3)29-17-27(21-5-4-12-36-18-21)38-39(29)23-10-11-25(33)26(34)16-23/h4-12,16-18,22,24,28H,13-15H2,1-3H3,(H2,35,41)(H,37,40)/t22-,24-,28+/m1/s1. The van der Waals surface area contributed by atoms with Crippen molar-refractivity contribution in [2.24, 2.45) is 17.1 Å². The Hall–Kier alpha value is -3.68. The van der Waals surface area contributed by atoms with E-state index in [2.05, 4.69) is 30.2 Å². The van der Waals surface area contributed by atoms with E-state index in [4.69, 9.17) is 34.0 Å². The minimum atomic E-state index is -0.762. The van der Waals surface area contributed by atoms with Crippen LogP contribution in [0, 0.1) is 18.3 Å². The molecule has 0 unspecified atom stereocenters.